The zero-order valence-corrected chi connectivity index (χ0v) is 25.2. The first-order valence-electron chi connectivity index (χ1n) is 13.4. The van der Waals surface area contributed by atoms with Gasteiger partial charge in [-0.25, -0.2) is 4.99 Å². The number of ether oxygens (including phenoxy) is 1. The van der Waals surface area contributed by atoms with Crippen molar-refractivity contribution < 1.29 is 9.53 Å². The number of carbonyl (C=O) groups excluding carboxylic acids is 1. The molecule has 0 aliphatic heterocycles. The van der Waals surface area contributed by atoms with Gasteiger partial charge in [-0.15, -0.1) is 11.3 Å². The highest BCUT2D eigenvalue weighted by Crippen LogP contribution is 2.45. The van der Waals surface area contributed by atoms with Gasteiger partial charge in [0, 0.05) is 38.0 Å². The van der Waals surface area contributed by atoms with Crippen molar-refractivity contribution in [2.45, 2.75) is 46.6 Å². The lowest BCUT2D eigenvalue weighted by atomic mass is 9.72. The van der Waals surface area contributed by atoms with E-state index in [4.69, 9.17) is 32.9 Å². The lowest BCUT2D eigenvalue weighted by Crippen LogP contribution is -2.27. The van der Waals surface area contributed by atoms with E-state index in [9.17, 15) is 4.79 Å². The number of para-hydroxylation sites is 1. The number of anilines is 1. The zero-order valence-electron chi connectivity index (χ0n) is 22.8. The van der Waals surface area contributed by atoms with Gasteiger partial charge in [-0.2, -0.15) is 0 Å². The zero-order chi connectivity index (χ0) is 28.3. The van der Waals surface area contributed by atoms with E-state index < -0.39 is 0 Å². The van der Waals surface area contributed by atoms with E-state index in [1.807, 2.05) is 60.7 Å². The van der Waals surface area contributed by atoms with Gasteiger partial charge in [-0.1, -0.05) is 74.3 Å². The van der Waals surface area contributed by atoms with Crippen LogP contribution in [0.4, 0.5) is 10.7 Å². The highest BCUT2D eigenvalue weighted by molar-refractivity contribution is 7.16. The third kappa shape index (κ3) is 6.60. The Labute approximate surface area is 250 Å². The van der Waals surface area contributed by atoms with Crippen molar-refractivity contribution in [3.8, 4) is 5.75 Å². The number of thiophene rings is 1. The monoisotopic (exact) mass is 590 g/mol. The average Bonchev–Trinajstić information content (AvgIpc) is 3.30. The lowest BCUT2D eigenvalue weighted by molar-refractivity contribution is 0.102. The number of fused-ring (bicyclic) bond motifs is 1. The summed E-state index contributed by atoms with van der Waals surface area (Å²) in [7, 11) is 0. The Bertz CT molecular complexity index is 1540. The smallest absolute Gasteiger partial charge is 0.259 e. The first-order chi connectivity index (χ1) is 19.2. The van der Waals surface area contributed by atoms with Gasteiger partial charge in [0.05, 0.1) is 5.56 Å². The average molecular weight is 592 g/mol. The molecule has 0 bridgehead atoms. The minimum absolute atomic E-state index is 0.149. The van der Waals surface area contributed by atoms with Gasteiger partial charge in [0.1, 0.15) is 17.4 Å². The molecule has 0 spiro atoms. The van der Waals surface area contributed by atoms with Gasteiger partial charge in [0.25, 0.3) is 5.91 Å². The Hall–Kier alpha value is -3.12. The Kier molecular flexibility index (Phi) is 8.65. The van der Waals surface area contributed by atoms with Crippen LogP contribution in [0.5, 0.6) is 5.75 Å². The van der Waals surface area contributed by atoms with E-state index in [0.29, 0.717) is 44.6 Å². The van der Waals surface area contributed by atoms with Crippen LogP contribution in [0.1, 0.15) is 59.1 Å². The molecule has 3 aromatic carbocycles. The van der Waals surface area contributed by atoms with Gasteiger partial charge in [-0.05, 0) is 78.6 Å². The standard InChI is InChI=1S/C33H32Cl2N2O2S/c1-33(2,3)23-12-17-26-29(18-23)40-32(30(26)31(38)37-25-15-13-24(34)14-16-25)36-19-21-8-5-7-11-28(21)39-20-22-9-4-6-10-27(22)35/h4-11,13-16,19,23H,12,17-18,20H2,1-3H3,(H,37,38)/t23-/m1/s1. The van der Waals surface area contributed by atoms with Crippen molar-refractivity contribution in [1.29, 1.82) is 0 Å². The Morgan fingerprint density at radius 1 is 1.05 bits per heavy atom. The number of hydrogen-bond acceptors (Lipinski definition) is 4. The van der Waals surface area contributed by atoms with Crippen molar-refractivity contribution in [1.82, 2.24) is 0 Å². The van der Waals surface area contributed by atoms with E-state index in [0.717, 1.165) is 36.0 Å². The molecule has 1 N–H and O–H groups in total. The van der Waals surface area contributed by atoms with E-state index in [1.165, 1.54) is 4.88 Å². The number of benzene rings is 3. The molecule has 0 unspecified atom stereocenters. The lowest BCUT2D eigenvalue weighted by Gasteiger charge is -2.33. The summed E-state index contributed by atoms with van der Waals surface area (Å²) in [5.41, 5.74) is 4.43. The number of amides is 1. The molecule has 0 saturated heterocycles. The maximum absolute atomic E-state index is 13.7. The van der Waals surface area contributed by atoms with Crippen LogP contribution in [0, 0.1) is 11.3 Å². The van der Waals surface area contributed by atoms with Crippen molar-refractivity contribution in [3.63, 3.8) is 0 Å². The molecule has 1 amide bonds. The fourth-order valence-electron chi connectivity index (χ4n) is 4.98. The molecule has 7 heteroatoms. The van der Waals surface area contributed by atoms with Crippen LogP contribution in [0.25, 0.3) is 0 Å². The highest BCUT2D eigenvalue weighted by Gasteiger charge is 2.33. The quantitative estimate of drug-likeness (QED) is 0.218. The van der Waals surface area contributed by atoms with Crippen LogP contribution >= 0.6 is 34.5 Å². The number of nitrogens with one attached hydrogen (secondary N) is 1. The summed E-state index contributed by atoms with van der Waals surface area (Å²) in [6.45, 7) is 7.23. The van der Waals surface area contributed by atoms with Gasteiger partial charge >= 0.3 is 0 Å². The van der Waals surface area contributed by atoms with Crippen LogP contribution in [-0.2, 0) is 19.4 Å². The first-order valence-corrected chi connectivity index (χ1v) is 15.0. The molecule has 1 aliphatic rings. The minimum Gasteiger partial charge on any atom is -0.488 e. The summed E-state index contributed by atoms with van der Waals surface area (Å²) >= 11 is 14.0. The van der Waals surface area contributed by atoms with Crippen molar-refractivity contribution in [2.75, 3.05) is 5.32 Å². The number of carbonyl (C=O) groups is 1. The molecule has 4 nitrogen and oxygen atoms in total. The van der Waals surface area contributed by atoms with E-state index >= 15 is 0 Å². The molecular formula is C33H32Cl2N2O2S. The van der Waals surface area contributed by atoms with Crippen LogP contribution in [0.3, 0.4) is 0 Å². The van der Waals surface area contributed by atoms with Gasteiger partial charge < -0.3 is 10.1 Å². The minimum atomic E-state index is -0.149. The van der Waals surface area contributed by atoms with Gasteiger partial charge in [-0.3, -0.25) is 4.79 Å². The maximum Gasteiger partial charge on any atom is 0.259 e. The summed E-state index contributed by atoms with van der Waals surface area (Å²) < 4.78 is 6.13. The number of hydrogen-bond donors (Lipinski definition) is 1. The fourth-order valence-corrected chi connectivity index (χ4v) is 6.57. The van der Waals surface area contributed by atoms with Crippen LogP contribution in [-0.4, -0.2) is 12.1 Å². The molecule has 1 aliphatic carbocycles. The number of halogens is 2. The molecular weight excluding hydrogens is 559 g/mol. The van der Waals surface area contributed by atoms with Gasteiger partial charge in [0.15, 0.2) is 0 Å². The second-order valence-corrected chi connectivity index (χ2v) is 13.1. The van der Waals surface area contributed by atoms with Crippen molar-refractivity contribution >= 4 is 57.3 Å². The highest BCUT2D eigenvalue weighted by atomic mass is 35.5. The summed E-state index contributed by atoms with van der Waals surface area (Å²) in [6, 6.07) is 22.6. The molecule has 40 heavy (non-hydrogen) atoms. The van der Waals surface area contributed by atoms with Crippen LogP contribution < -0.4 is 10.1 Å². The molecule has 1 heterocycles. The topological polar surface area (TPSA) is 50.7 Å². The number of aliphatic imine (C=N–C) groups is 1. The largest absolute Gasteiger partial charge is 0.488 e. The first kappa shape index (κ1) is 28.4. The molecule has 0 saturated carbocycles. The van der Waals surface area contributed by atoms with Crippen molar-refractivity contribution in [2.24, 2.45) is 16.3 Å². The molecule has 206 valence electrons. The van der Waals surface area contributed by atoms with E-state index in [-0.39, 0.29) is 11.3 Å². The molecule has 4 aromatic rings. The number of rotatable bonds is 7. The Morgan fingerprint density at radius 2 is 1.77 bits per heavy atom. The summed E-state index contributed by atoms with van der Waals surface area (Å²) in [5.74, 6) is 1.11. The third-order valence-electron chi connectivity index (χ3n) is 7.38. The fraction of sp³-hybridized carbons (Fsp3) is 0.273. The second-order valence-electron chi connectivity index (χ2n) is 11.1. The summed E-state index contributed by atoms with van der Waals surface area (Å²) in [4.78, 5) is 19.8. The second kappa shape index (κ2) is 12.2. The summed E-state index contributed by atoms with van der Waals surface area (Å²) in [5, 5.41) is 5.06. The molecule has 0 radical (unpaired) electrons. The predicted molar refractivity (Wildman–Crippen MR) is 168 cm³/mol. The molecule has 5 rings (SSSR count). The van der Waals surface area contributed by atoms with E-state index in [1.54, 1.807) is 29.7 Å². The predicted octanol–water partition coefficient (Wildman–Crippen LogP) is 9.79. The molecule has 0 fully saturated rings. The Morgan fingerprint density at radius 3 is 2.52 bits per heavy atom. The molecule has 1 atom stereocenters. The van der Waals surface area contributed by atoms with E-state index in [2.05, 4.69) is 26.1 Å². The normalized spacial score (nSPS) is 15.2. The van der Waals surface area contributed by atoms with Crippen LogP contribution in [0.15, 0.2) is 77.8 Å². The maximum atomic E-state index is 13.7. The van der Waals surface area contributed by atoms with Crippen LogP contribution in [0.2, 0.25) is 10.0 Å². The molecule has 1 aromatic heterocycles. The van der Waals surface area contributed by atoms with Crippen molar-refractivity contribution in [3.05, 3.63) is 110 Å². The summed E-state index contributed by atoms with van der Waals surface area (Å²) in [6.07, 6.45) is 4.66. The Balaban J connectivity index is 1.45. The SMILES string of the molecule is CC(C)(C)[C@@H]1CCc2c(sc(N=Cc3ccccc3OCc3ccccc3Cl)c2C(=O)Nc2ccc(Cl)cc2)C1. The third-order valence-corrected chi connectivity index (χ3v) is 9.16. The van der Waals surface area contributed by atoms with Gasteiger partial charge in [0.2, 0.25) is 0 Å². The number of nitrogens with zero attached hydrogens (tertiary/aromatic N) is 1.